The fourth-order valence-electron chi connectivity index (χ4n) is 2.50. The van der Waals surface area contributed by atoms with Gasteiger partial charge in [0.05, 0.1) is 5.69 Å². The molecular weight excluding hydrogens is 296 g/mol. The molecule has 2 heterocycles. The Morgan fingerprint density at radius 2 is 1.86 bits per heavy atom. The molecule has 21 heavy (non-hydrogen) atoms. The van der Waals surface area contributed by atoms with E-state index >= 15 is 0 Å². The third-order valence-electron chi connectivity index (χ3n) is 3.63. The van der Waals surface area contributed by atoms with Gasteiger partial charge in [-0.3, -0.25) is 0 Å². The van der Waals surface area contributed by atoms with Crippen molar-refractivity contribution in [3.05, 3.63) is 59.0 Å². The van der Waals surface area contributed by atoms with Gasteiger partial charge in [0.2, 0.25) is 0 Å². The molecule has 0 radical (unpaired) electrons. The summed E-state index contributed by atoms with van der Waals surface area (Å²) in [5.41, 5.74) is 10.4. The van der Waals surface area contributed by atoms with Crippen LogP contribution in [-0.2, 0) is 12.3 Å². The van der Waals surface area contributed by atoms with Gasteiger partial charge in [-0.05, 0) is 11.6 Å². The van der Waals surface area contributed by atoms with Crippen LogP contribution in [0.3, 0.4) is 0 Å². The number of thioether (sulfide) groups is 1. The Balaban J connectivity index is 1.79. The quantitative estimate of drug-likeness (QED) is 0.755. The zero-order chi connectivity index (χ0) is 14.2. The fraction of sp³-hybridized carbons (Fsp3) is 0.118. The van der Waals surface area contributed by atoms with Gasteiger partial charge in [-0.15, -0.1) is 23.1 Å². The van der Waals surface area contributed by atoms with Crippen molar-refractivity contribution in [1.82, 2.24) is 4.98 Å². The third kappa shape index (κ3) is 2.29. The van der Waals surface area contributed by atoms with Crippen LogP contribution >= 0.6 is 23.1 Å². The van der Waals surface area contributed by atoms with Gasteiger partial charge in [0, 0.05) is 33.2 Å². The first kappa shape index (κ1) is 13.1. The highest BCUT2D eigenvalue weighted by Crippen LogP contribution is 2.45. The lowest BCUT2D eigenvalue weighted by atomic mass is 10.1. The molecule has 2 N–H and O–H groups in total. The average molecular weight is 310 g/mol. The summed E-state index contributed by atoms with van der Waals surface area (Å²) in [7, 11) is 0. The van der Waals surface area contributed by atoms with Crippen molar-refractivity contribution < 1.29 is 0 Å². The van der Waals surface area contributed by atoms with E-state index in [1.165, 1.54) is 20.9 Å². The Morgan fingerprint density at radius 3 is 2.67 bits per heavy atom. The van der Waals surface area contributed by atoms with Gasteiger partial charge < -0.3 is 5.73 Å². The average Bonchev–Trinajstić information content (AvgIpc) is 2.99. The zero-order valence-electron chi connectivity index (χ0n) is 11.4. The minimum absolute atomic E-state index is 0.582. The molecule has 0 amide bonds. The standard InChI is InChI=1S/C17H14N2S2/c18-9-11-5-7-12(8-6-11)17-19-16-13-3-1-2-4-14(13)20-10-15(16)21-17/h1-8H,9-10,18H2. The van der Waals surface area contributed by atoms with Gasteiger partial charge in [0.1, 0.15) is 5.01 Å². The number of nitrogens with zero attached hydrogens (tertiary/aromatic N) is 1. The van der Waals surface area contributed by atoms with E-state index in [2.05, 4.69) is 48.5 Å². The first-order chi connectivity index (χ1) is 10.3. The fourth-order valence-corrected chi connectivity index (χ4v) is 4.71. The minimum Gasteiger partial charge on any atom is -0.326 e. The van der Waals surface area contributed by atoms with Crippen LogP contribution in [0.4, 0.5) is 0 Å². The van der Waals surface area contributed by atoms with E-state index in [4.69, 9.17) is 10.7 Å². The molecule has 0 atom stereocenters. The summed E-state index contributed by atoms with van der Waals surface area (Å²) in [5, 5.41) is 1.10. The van der Waals surface area contributed by atoms with Crippen molar-refractivity contribution in [1.29, 1.82) is 0 Å². The summed E-state index contributed by atoms with van der Waals surface area (Å²) in [6, 6.07) is 16.9. The number of nitrogens with two attached hydrogens (primary N) is 1. The lowest BCUT2D eigenvalue weighted by molar-refractivity contribution is 1.07. The van der Waals surface area contributed by atoms with E-state index in [9.17, 15) is 0 Å². The molecule has 3 aromatic rings. The van der Waals surface area contributed by atoms with E-state index in [0.717, 1.165) is 22.0 Å². The van der Waals surface area contributed by atoms with E-state index in [1.807, 2.05) is 11.8 Å². The third-order valence-corrected chi connectivity index (χ3v) is 6.02. The number of rotatable bonds is 2. The second-order valence-corrected chi connectivity index (χ2v) is 7.08. The van der Waals surface area contributed by atoms with E-state index < -0.39 is 0 Å². The van der Waals surface area contributed by atoms with Crippen molar-refractivity contribution >= 4 is 23.1 Å². The Morgan fingerprint density at radius 1 is 1.05 bits per heavy atom. The molecule has 0 unspecified atom stereocenters. The topological polar surface area (TPSA) is 38.9 Å². The molecule has 0 aliphatic carbocycles. The van der Waals surface area contributed by atoms with Gasteiger partial charge in [-0.25, -0.2) is 4.98 Å². The molecule has 4 rings (SSSR count). The molecule has 0 spiro atoms. The molecule has 104 valence electrons. The van der Waals surface area contributed by atoms with Gasteiger partial charge in [-0.1, -0.05) is 42.5 Å². The van der Waals surface area contributed by atoms with Crippen LogP contribution in [0.2, 0.25) is 0 Å². The number of hydrogen-bond acceptors (Lipinski definition) is 4. The highest BCUT2D eigenvalue weighted by molar-refractivity contribution is 7.98. The first-order valence-electron chi connectivity index (χ1n) is 6.86. The Bertz CT molecular complexity index is 791. The summed E-state index contributed by atoms with van der Waals surface area (Å²) in [6.45, 7) is 0.582. The number of aromatic nitrogens is 1. The molecule has 0 bridgehead atoms. The van der Waals surface area contributed by atoms with Gasteiger partial charge in [0.15, 0.2) is 0 Å². The maximum Gasteiger partial charge on any atom is 0.124 e. The second-order valence-electron chi connectivity index (χ2n) is 4.98. The maximum absolute atomic E-state index is 5.66. The monoisotopic (exact) mass is 310 g/mol. The number of hydrogen-bond donors (Lipinski definition) is 1. The Hall–Kier alpha value is -1.62. The van der Waals surface area contributed by atoms with Crippen LogP contribution in [0.1, 0.15) is 10.4 Å². The van der Waals surface area contributed by atoms with E-state index in [0.29, 0.717) is 6.54 Å². The lowest BCUT2D eigenvalue weighted by Gasteiger charge is -2.13. The SMILES string of the molecule is NCc1ccc(-c2nc3c(s2)CSc2ccccc2-3)cc1. The van der Waals surface area contributed by atoms with Crippen LogP contribution < -0.4 is 5.73 Å². The van der Waals surface area contributed by atoms with E-state index in [1.54, 1.807) is 11.3 Å². The van der Waals surface area contributed by atoms with Crippen molar-refractivity contribution in [2.45, 2.75) is 17.2 Å². The van der Waals surface area contributed by atoms with Crippen LogP contribution in [-0.4, -0.2) is 4.98 Å². The number of benzene rings is 2. The van der Waals surface area contributed by atoms with E-state index in [-0.39, 0.29) is 0 Å². The summed E-state index contributed by atoms with van der Waals surface area (Å²) in [6.07, 6.45) is 0. The zero-order valence-corrected chi connectivity index (χ0v) is 13.0. The molecular formula is C17H14N2S2. The molecule has 1 aliphatic heterocycles. The number of thiazole rings is 1. The lowest BCUT2D eigenvalue weighted by Crippen LogP contribution is -1.95. The number of fused-ring (bicyclic) bond motifs is 3. The highest BCUT2D eigenvalue weighted by Gasteiger charge is 2.21. The second kappa shape index (κ2) is 5.30. The minimum atomic E-state index is 0.582. The van der Waals surface area contributed by atoms with Gasteiger partial charge in [-0.2, -0.15) is 0 Å². The van der Waals surface area contributed by atoms with Crippen molar-refractivity contribution in [2.24, 2.45) is 5.73 Å². The maximum atomic E-state index is 5.66. The highest BCUT2D eigenvalue weighted by atomic mass is 32.2. The summed E-state index contributed by atoms with van der Waals surface area (Å²) in [4.78, 5) is 7.60. The molecule has 0 fully saturated rings. The largest absolute Gasteiger partial charge is 0.326 e. The molecule has 2 nitrogen and oxygen atoms in total. The molecule has 2 aromatic carbocycles. The first-order valence-corrected chi connectivity index (χ1v) is 8.66. The summed E-state index contributed by atoms with van der Waals surface area (Å²) in [5.74, 6) is 1.02. The molecule has 1 aliphatic rings. The smallest absolute Gasteiger partial charge is 0.124 e. The predicted molar refractivity (Wildman–Crippen MR) is 90.4 cm³/mol. The van der Waals surface area contributed by atoms with Crippen LogP contribution in [0, 0.1) is 0 Å². The van der Waals surface area contributed by atoms with Crippen LogP contribution in [0.5, 0.6) is 0 Å². The van der Waals surface area contributed by atoms with Crippen LogP contribution in [0.25, 0.3) is 21.8 Å². The molecule has 1 aromatic heterocycles. The molecule has 4 heteroatoms. The summed E-state index contributed by atoms with van der Waals surface area (Å²) < 4.78 is 0. The van der Waals surface area contributed by atoms with Crippen LogP contribution in [0.15, 0.2) is 53.4 Å². The van der Waals surface area contributed by atoms with Crippen molar-refractivity contribution in [3.8, 4) is 21.8 Å². The summed E-state index contributed by atoms with van der Waals surface area (Å²) >= 11 is 3.70. The Kier molecular flexibility index (Phi) is 3.30. The molecule has 0 saturated heterocycles. The molecule has 0 saturated carbocycles. The van der Waals surface area contributed by atoms with Gasteiger partial charge >= 0.3 is 0 Å². The Labute approximate surface area is 132 Å². The van der Waals surface area contributed by atoms with Gasteiger partial charge in [0.25, 0.3) is 0 Å². The van der Waals surface area contributed by atoms with Crippen molar-refractivity contribution in [3.63, 3.8) is 0 Å². The normalized spacial score (nSPS) is 12.8. The predicted octanol–water partition coefficient (Wildman–Crippen LogP) is 4.54. The van der Waals surface area contributed by atoms with Crippen molar-refractivity contribution in [2.75, 3.05) is 0 Å².